The van der Waals surface area contributed by atoms with E-state index < -0.39 is 23.8 Å². The fourth-order valence-electron chi connectivity index (χ4n) is 5.98. The average molecular weight is 673 g/mol. The number of ether oxygens (including phenoxy) is 1. The van der Waals surface area contributed by atoms with Gasteiger partial charge in [0.1, 0.15) is 11.8 Å². The third-order valence-electron chi connectivity index (χ3n) is 8.25. The Hall–Kier alpha value is -5.31. The molecule has 0 unspecified atom stereocenters. The second-order valence-electron chi connectivity index (χ2n) is 12.4. The maximum absolute atomic E-state index is 12.1. The first kappa shape index (κ1) is 34.0. The quantitative estimate of drug-likeness (QED) is 0.216. The van der Waals surface area contributed by atoms with Crippen LogP contribution < -0.4 is 19.9 Å². The van der Waals surface area contributed by atoms with Crippen LogP contribution in [-0.2, 0) is 6.54 Å². The number of benzene rings is 2. The minimum atomic E-state index is -1.10. The molecule has 5 rings (SSSR count). The number of aromatic nitrogens is 4. The number of aliphatic hydroxyl groups excluding tert-OH is 1. The fraction of sp³-hybridized carbons (Fsp3) is 0.394. The Kier molecular flexibility index (Phi) is 9.79. The SMILES string of the molecule is CCN(Cc1ccc(OC)cc1)c1nc(Nc2cc(C#N)cc(N3CC[C@@H](N(C(=O)O)C(C)(C)C)[C@@H](O)C3)c2Cl)nn2c(C#N)cnc12. The van der Waals surface area contributed by atoms with Crippen LogP contribution in [0.25, 0.3) is 5.65 Å². The van der Waals surface area contributed by atoms with E-state index in [1.54, 1.807) is 40.0 Å². The van der Waals surface area contributed by atoms with Crippen LogP contribution in [0.1, 0.15) is 50.9 Å². The van der Waals surface area contributed by atoms with E-state index in [1.165, 1.54) is 15.6 Å². The highest BCUT2D eigenvalue weighted by atomic mass is 35.5. The number of methoxy groups -OCH3 is 1. The van der Waals surface area contributed by atoms with Crippen LogP contribution in [0.15, 0.2) is 42.6 Å². The summed E-state index contributed by atoms with van der Waals surface area (Å²) < 4.78 is 6.70. The molecule has 1 saturated heterocycles. The monoisotopic (exact) mass is 672 g/mol. The van der Waals surface area contributed by atoms with Crippen LogP contribution in [-0.4, -0.2) is 85.2 Å². The third kappa shape index (κ3) is 6.86. The highest BCUT2D eigenvalue weighted by Crippen LogP contribution is 2.38. The van der Waals surface area contributed by atoms with Crippen molar-refractivity contribution in [1.82, 2.24) is 24.5 Å². The number of aliphatic hydroxyl groups is 1. The van der Waals surface area contributed by atoms with Gasteiger partial charge in [-0.25, -0.2) is 9.78 Å². The first-order valence-corrected chi connectivity index (χ1v) is 15.8. The zero-order valence-electron chi connectivity index (χ0n) is 27.3. The van der Waals surface area contributed by atoms with E-state index in [-0.39, 0.29) is 23.2 Å². The number of hydrogen-bond donors (Lipinski definition) is 3. The van der Waals surface area contributed by atoms with E-state index >= 15 is 0 Å². The van der Waals surface area contributed by atoms with Crippen LogP contribution >= 0.6 is 11.6 Å². The van der Waals surface area contributed by atoms with E-state index in [2.05, 4.69) is 27.5 Å². The average Bonchev–Trinajstić information content (AvgIpc) is 3.47. The summed E-state index contributed by atoms with van der Waals surface area (Å²) in [6, 6.07) is 14.5. The zero-order chi connectivity index (χ0) is 34.7. The van der Waals surface area contributed by atoms with Gasteiger partial charge in [-0.1, -0.05) is 23.7 Å². The van der Waals surface area contributed by atoms with Crippen LogP contribution in [0.3, 0.4) is 0 Å². The molecule has 0 radical (unpaired) electrons. The summed E-state index contributed by atoms with van der Waals surface area (Å²) >= 11 is 6.96. The van der Waals surface area contributed by atoms with Gasteiger partial charge in [0.05, 0.1) is 53.5 Å². The molecule has 1 fully saturated rings. The Morgan fingerprint density at radius 3 is 2.52 bits per heavy atom. The third-order valence-corrected chi connectivity index (χ3v) is 8.65. The molecule has 0 bridgehead atoms. The molecule has 0 aliphatic carbocycles. The molecule has 2 atom stereocenters. The minimum Gasteiger partial charge on any atom is -0.497 e. The first-order chi connectivity index (χ1) is 22.9. The number of halogens is 1. The van der Waals surface area contributed by atoms with E-state index in [4.69, 9.17) is 21.3 Å². The van der Waals surface area contributed by atoms with E-state index in [0.717, 1.165) is 11.3 Å². The lowest BCUT2D eigenvalue weighted by Gasteiger charge is -2.46. The standard InChI is InChI=1S/C33H37ClN10O4/c1-6-41(18-20-7-9-23(48-5)10-8-20)30-29-37-17-22(16-36)44(29)40-31(39-30)38-24-13-21(15-35)14-26(28(24)34)42-12-11-25(27(45)19-42)43(32(46)47)33(2,3)4/h7-10,13-14,17,25,27,45H,6,11-12,18-19H2,1-5H3,(H,38,40)(H,46,47)/t25-,27+/m1/s1. The second-order valence-corrected chi connectivity index (χ2v) is 12.8. The van der Waals surface area contributed by atoms with Gasteiger partial charge in [0.15, 0.2) is 17.2 Å². The van der Waals surface area contributed by atoms with Crippen LogP contribution in [0, 0.1) is 22.7 Å². The summed E-state index contributed by atoms with van der Waals surface area (Å²) in [5.74, 6) is 1.34. The van der Waals surface area contributed by atoms with Crippen LogP contribution in [0.2, 0.25) is 5.02 Å². The maximum atomic E-state index is 12.1. The van der Waals surface area contributed by atoms with Gasteiger partial charge in [0.2, 0.25) is 5.95 Å². The molecule has 4 aromatic rings. The topological polar surface area (TPSA) is 179 Å². The van der Waals surface area contributed by atoms with Gasteiger partial charge in [-0.3, -0.25) is 4.90 Å². The molecule has 3 N–H and O–H groups in total. The van der Waals surface area contributed by atoms with Crippen molar-refractivity contribution in [2.45, 2.75) is 58.3 Å². The van der Waals surface area contributed by atoms with E-state index in [1.807, 2.05) is 41.0 Å². The number of carboxylic acid groups (broad SMARTS) is 1. The van der Waals surface area contributed by atoms with Crippen molar-refractivity contribution in [3.63, 3.8) is 0 Å². The lowest BCUT2D eigenvalue weighted by Crippen LogP contribution is -2.60. The van der Waals surface area contributed by atoms with Crippen molar-refractivity contribution in [3.05, 3.63) is 64.4 Å². The molecule has 1 amide bonds. The Balaban J connectivity index is 1.49. The van der Waals surface area contributed by atoms with Gasteiger partial charge in [-0.15, -0.1) is 5.10 Å². The summed E-state index contributed by atoms with van der Waals surface area (Å²) in [5, 5.41) is 48.7. The number of β-amino-alcohol motifs (C(OH)–C–C–N with tert-alkyl or cyclic N) is 1. The Morgan fingerprint density at radius 2 is 1.94 bits per heavy atom. The molecule has 2 aromatic heterocycles. The Labute approximate surface area is 283 Å². The van der Waals surface area contributed by atoms with Crippen molar-refractivity contribution >= 4 is 46.5 Å². The van der Waals surface area contributed by atoms with E-state index in [0.29, 0.717) is 54.5 Å². The summed E-state index contributed by atoms with van der Waals surface area (Å²) in [6.07, 6.45) is -0.324. The molecule has 3 heterocycles. The first-order valence-electron chi connectivity index (χ1n) is 15.4. The normalized spacial score (nSPS) is 16.2. The second kappa shape index (κ2) is 13.8. The molecule has 15 heteroatoms. The number of nitrogens with one attached hydrogen (secondary N) is 1. The van der Waals surface area contributed by atoms with Gasteiger partial charge in [0, 0.05) is 31.7 Å². The van der Waals surface area contributed by atoms with Crippen molar-refractivity contribution in [2.75, 3.05) is 41.9 Å². The molecule has 14 nitrogen and oxygen atoms in total. The van der Waals surface area contributed by atoms with Gasteiger partial charge in [-0.05, 0) is 63.9 Å². The molecule has 250 valence electrons. The smallest absolute Gasteiger partial charge is 0.408 e. The highest BCUT2D eigenvalue weighted by Gasteiger charge is 2.40. The number of carbonyl (C=O) groups is 1. The minimum absolute atomic E-state index is 0.0998. The molecular weight excluding hydrogens is 636 g/mol. The van der Waals surface area contributed by atoms with Crippen LogP contribution in [0.5, 0.6) is 5.75 Å². The fourth-order valence-corrected chi connectivity index (χ4v) is 6.25. The lowest BCUT2D eigenvalue weighted by atomic mass is 9.94. The molecule has 1 aliphatic heterocycles. The Bertz CT molecular complexity index is 1890. The molecule has 48 heavy (non-hydrogen) atoms. The number of rotatable bonds is 9. The zero-order valence-corrected chi connectivity index (χ0v) is 28.1. The van der Waals surface area contributed by atoms with Gasteiger partial charge < -0.3 is 30.1 Å². The number of hydrogen-bond acceptors (Lipinski definition) is 11. The molecule has 0 saturated carbocycles. The number of fused-ring (bicyclic) bond motifs is 1. The van der Waals surface area contributed by atoms with Crippen molar-refractivity contribution < 1.29 is 19.7 Å². The van der Waals surface area contributed by atoms with Crippen molar-refractivity contribution in [2.24, 2.45) is 0 Å². The molecule has 1 aliphatic rings. The number of piperidine rings is 1. The number of imidazole rings is 1. The largest absolute Gasteiger partial charge is 0.497 e. The number of anilines is 4. The van der Waals surface area contributed by atoms with Gasteiger partial charge in [-0.2, -0.15) is 20.0 Å². The lowest BCUT2D eigenvalue weighted by molar-refractivity contribution is -0.000758. The van der Waals surface area contributed by atoms with Crippen molar-refractivity contribution in [1.29, 1.82) is 10.5 Å². The summed E-state index contributed by atoms with van der Waals surface area (Å²) in [6.45, 7) is 8.90. The summed E-state index contributed by atoms with van der Waals surface area (Å²) in [5.41, 5.74) is 2.02. The number of amides is 1. The predicted octanol–water partition coefficient (Wildman–Crippen LogP) is 5.02. The highest BCUT2D eigenvalue weighted by molar-refractivity contribution is 6.36. The number of nitriles is 2. The van der Waals surface area contributed by atoms with Crippen LogP contribution in [0.4, 0.5) is 27.9 Å². The molecule has 2 aromatic carbocycles. The van der Waals surface area contributed by atoms with Gasteiger partial charge >= 0.3 is 6.09 Å². The number of nitrogens with zero attached hydrogens (tertiary/aromatic N) is 9. The van der Waals surface area contributed by atoms with E-state index in [9.17, 15) is 25.5 Å². The predicted molar refractivity (Wildman–Crippen MR) is 181 cm³/mol. The summed E-state index contributed by atoms with van der Waals surface area (Å²) in [7, 11) is 1.61. The Morgan fingerprint density at radius 1 is 1.21 bits per heavy atom. The summed E-state index contributed by atoms with van der Waals surface area (Å²) in [4.78, 5) is 26.5. The van der Waals surface area contributed by atoms with Crippen molar-refractivity contribution in [3.8, 4) is 17.9 Å². The molecule has 0 spiro atoms. The van der Waals surface area contributed by atoms with Gasteiger partial charge in [0.25, 0.3) is 0 Å². The maximum Gasteiger partial charge on any atom is 0.408 e. The molecular formula is C33H37ClN10O4.